The van der Waals surface area contributed by atoms with Crippen LogP contribution in [0.5, 0.6) is 0 Å². The molecule has 0 radical (unpaired) electrons. The van der Waals surface area contributed by atoms with Gasteiger partial charge in [-0.15, -0.1) is 0 Å². The lowest BCUT2D eigenvalue weighted by molar-refractivity contribution is 0.100. The number of aromatic nitrogens is 3. The summed E-state index contributed by atoms with van der Waals surface area (Å²) in [6, 6.07) is 2.47. The number of rotatable bonds is 4. The first-order chi connectivity index (χ1) is 12.1. The average Bonchev–Trinajstić information content (AvgIpc) is 3.13. The van der Waals surface area contributed by atoms with E-state index < -0.39 is 11.7 Å². The molecule has 3 N–H and O–H groups in total. The molecule has 6 nitrogen and oxygen atoms in total. The van der Waals surface area contributed by atoms with Crippen LogP contribution in [0.4, 0.5) is 8.78 Å². The summed E-state index contributed by atoms with van der Waals surface area (Å²) in [7, 11) is 0. The van der Waals surface area contributed by atoms with Crippen molar-refractivity contribution in [1.29, 1.82) is 0 Å². The molecule has 1 saturated heterocycles. The standard InChI is InChI=1S/C17H19F2N5O/c18-3-6-23-4-1-10(2-5-23)13-9-21-24-15-12(16(20)25)7-11(19)8-14(15)22-17(13)24/h7-10,22H,1-6H2,(H2,20,25). The Bertz CT molecular complexity index is 939. The number of H-pyrrole nitrogens is 1. The van der Waals surface area contributed by atoms with Crippen molar-refractivity contribution in [2.45, 2.75) is 18.8 Å². The number of carbonyl (C=O) groups is 1. The Hall–Kier alpha value is -2.48. The summed E-state index contributed by atoms with van der Waals surface area (Å²) in [5.74, 6) is -0.919. The Morgan fingerprint density at radius 2 is 2.12 bits per heavy atom. The van der Waals surface area contributed by atoms with Crippen LogP contribution >= 0.6 is 0 Å². The zero-order chi connectivity index (χ0) is 17.6. The topological polar surface area (TPSA) is 79.4 Å². The fraction of sp³-hybridized carbons (Fsp3) is 0.412. The molecule has 8 heteroatoms. The van der Waals surface area contributed by atoms with E-state index >= 15 is 0 Å². The van der Waals surface area contributed by atoms with Gasteiger partial charge in [-0.3, -0.25) is 4.79 Å². The summed E-state index contributed by atoms with van der Waals surface area (Å²) in [5, 5.41) is 4.39. The van der Waals surface area contributed by atoms with Gasteiger partial charge in [-0.25, -0.2) is 13.3 Å². The quantitative estimate of drug-likeness (QED) is 0.759. The van der Waals surface area contributed by atoms with Crippen molar-refractivity contribution in [1.82, 2.24) is 19.5 Å². The molecule has 0 unspecified atom stereocenters. The molecule has 3 aromatic rings. The predicted octanol–water partition coefficient (Wildman–Crippen LogP) is 2.20. The molecular weight excluding hydrogens is 328 g/mol. The van der Waals surface area contributed by atoms with Crippen molar-refractivity contribution in [2.24, 2.45) is 5.73 Å². The third-order valence-corrected chi connectivity index (χ3v) is 5.03. The maximum atomic E-state index is 13.8. The van der Waals surface area contributed by atoms with E-state index in [4.69, 9.17) is 5.73 Å². The third kappa shape index (κ3) is 2.66. The summed E-state index contributed by atoms with van der Waals surface area (Å²) >= 11 is 0. The first kappa shape index (κ1) is 16.0. The predicted molar refractivity (Wildman–Crippen MR) is 89.9 cm³/mol. The molecule has 0 saturated carbocycles. The van der Waals surface area contributed by atoms with Crippen LogP contribution in [-0.4, -0.2) is 51.7 Å². The molecule has 0 spiro atoms. The highest BCUT2D eigenvalue weighted by molar-refractivity contribution is 6.05. The second-order valence-corrected chi connectivity index (χ2v) is 6.50. The minimum absolute atomic E-state index is 0.105. The molecule has 25 heavy (non-hydrogen) atoms. The smallest absolute Gasteiger partial charge is 0.251 e. The maximum Gasteiger partial charge on any atom is 0.251 e. The highest BCUT2D eigenvalue weighted by Gasteiger charge is 2.25. The van der Waals surface area contributed by atoms with Crippen molar-refractivity contribution in [3.8, 4) is 0 Å². The highest BCUT2D eigenvalue weighted by atomic mass is 19.1. The fourth-order valence-corrected chi connectivity index (χ4v) is 3.78. The molecule has 132 valence electrons. The van der Waals surface area contributed by atoms with Crippen LogP contribution in [0, 0.1) is 5.82 Å². The van der Waals surface area contributed by atoms with Crippen molar-refractivity contribution in [2.75, 3.05) is 26.3 Å². The summed E-state index contributed by atoms with van der Waals surface area (Å²) < 4.78 is 27.9. The number of nitrogens with zero attached hydrogens (tertiary/aromatic N) is 3. The third-order valence-electron chi connectivity index (χ3n) is 5.03. The van der Waals surface area contributed by atoms with E-state index in [0.717, 1.165) is 43.2 Å². The Kier molecular flexibility index (Phi) is 3.91. The molecule has 1 aromatic carbocycles. The minimum Gasteiger partial charge on any atom is -0.366 e. The average molecular weight is 347 g/mol. The Labute approximate surface area is 142 Å². The second kappa shape index (κ2) is 6.11. The first-order valence-electron chi connectivity index (χ1n) is 8.35. The van der Waals surface area contributed by atoms with Crippen LogP contribution in [0.1, 0.15) is 34.7 Å². The van der Waals surface area contributed by atoms with Crippen molar-refractivity contribution in [3.05, 3.63) is 35.3 Å². The van der Waals surface area contributed by atoms with Gasteiger partial charge in [0.25, 0.3) is 5.91 Å². The number of hydrogen-bond donors (Lipinski definition) is 2. The van der Waals surface area contributed by atoms with E-state index in [1.165, 1.54) is 6.07 Å². The molecule has 3 heterocycles. The number of fused-ring (bicyclic) bond motifs is 3. The second-order valence-electron chi connectivity index (χ2n) is 6.50. The van der Waals surface area contributed by atoms with Gasteiger partial charge >= 0.3 is 0 Å². The van der Waals surface area contributed by atoms with Gasteiger partial charge in [0.15, 0.2) is 0 Å². The van der Waals surface area contributed by atoms with Gasteiger partial charge in [0, 0.05) is 12.1 Å². The molecule has 0 bridgehead atoms. The van der Waals surface area contributed by atoms with Gasteiger partial charge in [-0.05, 0) is 44.0 Å². The van der Waals surface area contributed by atoms with Crippen molar-refractivity contribution in [3.63, 3.8) is 0 Å². The van der Waals surface area contributed by atoms with Crippen molar-refractivity contribution >= 4 is 22.6 Å². The summed E-state index contributed by atoms with van der Waals surface area (Å²) in [6.45, 7) is 1.83. The monoisotopic (exact) mass is 347 g/mol. The summed E-state index contributed by atoms with van der Waals surface area (Å²) in [6.07, 6.45) is 3.61. The van der Waals surface area contributed by atoms with E-state index in [0.29, 0.717) is 23.5 Å². The number of amides is 1. The molecule has 1 fully saturated rings. The molecular formula is C17H19F2N5O. The lowest BCUT2D eigenvalue weighted by Crippen LogP contribution is -2.34. The van der Waals surface area contributed by atoms with Crippen LogP contribution < -0.4 is 5.73 Å². The number of aromatic amines is 1. The van der Waals surface area contributed by atoms with Crippen LogP contribution in [0.15, 0.2) is 18.3 Å². The molecule has 1 aliphatic rings. The normalized spacial score (nSPS) is 16.9. The van der Waals surface area contributed by atoms with Crippen LogP contribution in [0.3, 0.4) is 0 Å². The van der Waals surface area contributed by atoms with Gasteiger partial charge in [-0.1, -0.05) is 0 Å². The number of nitrogens with two attached hydrogens (primary N) is 1. The lowest BCUT2D eigenvalue weighted by atomic mass is 9.91. The zero-order valence-electron chi connectivity index (χ0n) is 13.6. The highest BCUT2D eigenvalue weighted by Crippen LogP contribution is 2.32. The molecule has 1 amide bonds. The number of halogens is 2. The number of primary amides is 1. The minimum atomic E-state index is -0.693. The number of imidazole rings is 1. The largest absolute Gasteiger partial charge is 0.366 e. The summed E-state index contributed by atoms with van der Waals surface area (Å²) in [4.78, 5) is 17.0. The maximum absolute atomic E-state index is 13.8. The van der Waals surface area contributed by atoms with Crippen LogP contribution in [0.2, 0.25) is 0 Å². The molecule has 0 aliphatic carbocycles. The molecule has 0 atom stereocenters. The SMILES string of the molecule is NC(=O)c1cc(F)cc2[nH]c3c(C4CCN(CCF)CC4)cnn3c12. The van der Waals surface area contributed by atoms with E-state index in [-0.39, 0.29) is 12.2 Å². The van der Waals surface area contributed by atoms with Crippen molar-refractivity contribution < 1.29 is 13.6 Å². The van der Waals surface area contributed by atoms with E-state index in [9.17, 15) is 13.6 Å². The van der Waals surface area contributed by atoms with E-state index in [1.807, 2.05) is 0 Å². The molecule has 4 rings (SSSR count). The Balaban J connectivity index is 1.75. The number of benzene rings is 1. The molecule has 2 aromatic heterocycles. The number of nitrogens with one attached hydrogen (secondary N) is 1. The van der Waals surface area contributed by atoms with E-state index in [1.54, 1.807) is 10.7 Å². The number of alkyl halides is 1. The van der Waals surface area contributed by atoms with E-state index in [2.05, 4.69) is 15.0 Å². The fourth-order valence-electron chi connectivity index (χ4n) is 3.78. The van der Waals surface area contributed by atoms with Gasteiger partial charge in [0.05, 0.1) is 17.3 Å². The number of hydrogen-bond acceptors (Lipinski definition) is 3. The number of carbonyl (C=O) groups excluding carboxylic acids is 1. The zero-order valence-corrected chi connectivity index (χ0v) is 13.6. The van der Waals surface area contributed by atoms with Gasteiger partial charge in [-0.2, -0.15) is 5.10 Å². The van der Waals surface area contributed by atoms with Gasteiger partial charge < -0.3 is 15.6 Å². The first-order valence-corrected chi connectivity index (χ1v) is 8.35. The van der Waals surface area contributed by atoms with Crippen LogP contribution in [0.25, 0.3) is 16.7 Å². The Morgan fingerprint density at radius 3 is 2.80 bits per heavy atom. The van der Waals surface area contributed by atoms with Gasteiger partial charge in [0.2, 0.25) is 0 Å². The van der Waals surface area contributed by atoms with Crippen LogP contribution in [-0.2, 0) is 0 Å². The Morgan fingerprint density at radius 1 is 1.36 bits per heavy atom. The number of piperidine rings is 1. The number of likely N-dealkylation sites (tertiary alicyclic amines) is 1. The lowest BCUT2D eigenvalue weighted by Gasteiger charge is -2.30. The molecule has 1 aliphatic heterocycles. The van der Waals surface area contributed by atoms with Gasteiger partial charge in [0.1, 0.15) is 23.7 Å². The summed E-state index contributed by atoms with van der Waals surface area (Å²) in [5.41, 5.74) is 8.28.